The number of fused-ring (bicyclic) bond motifs is 1. The summed E-state index contributed by atoms with van der Waals surface area (Å²) in [6.45, 7) is 13.0. The third-order valence-electron chi connectivity index (χ3n) is 2.76. The highest BCUT2D eigenvalue weighted by molar-refractivity contribution is 5.87. The fourth-order valence-corrected chi connectivity index (χ4v) is 1.84. The lowest BCUT2D eigenvalue weighted by Crippen LogP contribution is -2.05. The fourth-order valence-electron chi connectivity index (χ4n) is 1.84. The van der Waals surface area contributed by atoms with Crippen molar-refractivity contribution in [1.29, 1.82) is 0 Å². The molecule has 0 saturated heterocycles. The molecule has 0 spiro atoms. The van der Waals surface area contributed by atoms with E-state index in [0.717, 1.165) is 28.0 Å². The quantitative estimate of drug-likeness (QED) is 0.642. The van der Waals surface area contributed by atoms with E-state index in [1.54, 1.807) is 6.20 Å². The van der Waals surface area contributed by atoms with Gasteiger partial charge in [-0.25, -0.2) is 4.98 Å². The molecular weight excluding hydrogens is 250 g/mol. The van der Waals surface area contributed by atoms with E-state index in [2.05, 4.69) is 28.4 Å². The molecule has 1 aromatic heterocycles. The molecule has 0 aliphatic rings. The number of nitrogens with one attached hydrogen (secondary N) is 1. The summed E-state index contributed by atoms with van der Waals surface area (Å²) in [5.74, 6) is 1.33. The predicted molar refractivity (Wildman–Crippen MR) is 83.5 cm³/mol. The van der Waals surface area contributed by atoms with Crippen LogP contribution in [0.3, 0.4) is 0 Å². The molecule has 20 heavy (non-hydrogen) atoms. The Bertz CT molecular complexity index is 649. The smallest absolute Gasteiger partial charge is 0.145 e. The van der Waals surface area contributed by atoms with Gasteiger partial charge in [0.2, 0.25) is 0 Å². The van der Waals surface area contributed by atoms with Crippen LogP contribution < -0.4 is 5.32 Å². The van der Waals surface area contributed by atoms with Gasteiger partial charge in [-0.3, -0.25) is 4.98 Å². The van der Waals surface area contributed by atoms with Gasteiger partial charge in [0.1, 0.15) is 17.1 Å². The molecule has 1 heterocycles. The summed E-state index contributed by atoms with van der Waals surface area (Å²) in [5, 5.41) is 3.19. The molecule has 0 aliphatic heterocycles. The van der Waals surface area contributed by atoms with E-state index in [1.165, 1.54) is 0 Å². The minimum Gasteiger partial charge on any atom is -0.494 e. The van der Waals surface area contributed by atoms with Crippen LogP contribution in [0.25, 0.3) is 16.8 Å². The normalized spacial score (nSPS) is 10.3. The maximum absolute atomic E-state index is 5.48. The van der Waals surface area contributed by atoms with E-state index in [1.807, 2.05) is 32.0 Å². The van der Waals surface area contributed by atoms with Gasteiger partial charge in [0, 0.05) is 12.1 Å². The first-order valence-electron chi connectivity index (χ1n) is 6.58. The molecule has 0 bridgehead atoms. The topological polar surface area (TPSA) is 47.0 Å². The van der Waals surface area contributed by atoms with Crippen LogP contribution in [0, 0.1) is 0 Å². The average molecular weight is 269 g/mol. The lowest BCUT2D eigenvalue weighted by Gasteiger charge is -2.11. The zero-order valence-corrected chi connectivity index (χ0v) is 11.9. The Labute approximate surface area is 119 Å². The maximum Gasteiger partial charge on any atom is 0.145 e. The number of aromatic nitrogens is 2. The van der Waals surface area contributed by atoms with Crippen molar-refractivity contribution in [2.45, 2.75) is 13.8 Å². The number of para-hydroxylation sites is 1. The Kier molecular flexibility index (Phi) is 4.35. The van der Waals surface area contributed by atoms with Gasteiger partial charge >= 0.3 is 0 Å². The highest BCUT2D eigenvalue weighted by Gasteiger charge is 2.08. The highest BCUT2D eigenvalue weighted by Crippen LogP contribution is 2.23. The summed E-state index contributed by atoms with van der Waals surface area (Å²) in [7, 11) is 0. The molecule has 0 radical (unpaired) electrons. The van der Waals surface area contributed by atoms with Gasteiger partial charge in [-0.1, -0.05) is 24.8 Å². The lowest BCUT2D eigenvalue weighted by molar-refractivity contribution is 0.299. The number of nitrogens with zero attached hydrogens (tertiary/aromatic N) is 2. The number of hydrogen-bond acceptors (Lipinski definition) is 4. The first-order valence-corrected chi connectivity index (χ1v) is 6.58. The number of benzene rings is 1. The molecule has 1 N–H and O–H groups in total. The minimum absolute atomic E-state index is 0.580. The summed E-state index contributed by atoms with van der Waals surface area (Å²) >= 11 is 0. The van der Waals surface area contributed by atoms with E-state index >= 15 is 0 Å². The first kappa shape index (κ1) is 14.1. The van der Waals surface area contributed by atoms with E-state index in [0.29, 0.717) is 18.9 Å². The van der Waals surface area contributed by atoms with Crippen LogP contribution >= 0.6 is 0 Å². The Morgan fingerprint density at radius 2 is 2.15 bits per heavy atom. The minimum atomic E-state index is 0.580. The fraction of sp³-hybridized carbons (Fsp3) is 0.250. The molecule has 0 saturated carbocycles. The van der Waals surface area contributed by atoms with Crippen molar-refractivity contribution in [2.24, 2.45) is 0 Å². The molecule has 0 amide bonds. The second-order valence-corrected chi connectivity index (χ2v) is 4.60. The van der Waals surface area contributed by atoms with Gasteiger partial charge in [-0.15, -0.1) is 0 Å². The number of rotatable bonds is 6. The Morgan fingerprint density at radius 3 is 2.85 bits per heavy atom. The molecule has 1 aromatic carbocycles. The maximum atomic E-state index is 5.48. The number of ether oxygens (including phenoxy) is 1. The summed E-state index contributed by atoms with van der Waals surface area (Å²) in [4.78, 5) is 9.01. The second kappa shape index (κ2) is 6.19. The van der Waals surface area contributed by atoms with Crippen LogP contribution in [0.15, 0.2) is 43.1 Å². The van der Waals surface area contributed by atoms with Gasteiger partial charge in [0.15, 0.2) is 0 Å². The van der Waals surface area contributed by atoms with Gasteiger partial charge in [-0.05, 0) is 26.0 Å². The summed E-state index contributed by atoms with van der Waals surface area (Å²) in [6, 6.07) is 5.79. The first-order chi connectivity index (χ1) is 9.61. The van der Waals surface area contributed by atoms with Crippen molar-refractivity contribution < 1.29 is 4.74 Å². The number of hydrogen-bond donors (Lipinski definition) is 1. The van der Waals surface area contributed by atoms with Crippen LogP contribution in [0.4, 0.5) is 5.82 Å². The van der Waals surface area contributed by atoms with Crippen molar-refractivity contribution in [3.8, 4) is 0 Å². The van der Waals surface area contributed by atoms with Crippen molar-refractivity contribution in [1.82, 2.24) is 9.97 Å². The molecule has 2 rings (SSSR count). The molecule has 104 valence electrons. The lowest BCUT2D eigenvalue weighted by atomic mass is 10.1. The van der Waals surface area contributed by atoms with Crippen LogP contribution in [0.5, 0.6) is 0 Å². The summed E-state index contributed by atoms with van der Waals surface area (Å²) in [5.41, 5.74) is 3.52. The summed E-state index contributed by atoms with van der Waals surface area (Å²) < 4.78 is 5.48. The molecule has 2 aromatic rings. The predicted octanol–water partition coefficient (Wildman–Crippen LogP) is 3.63. The molecular formula is C16H19N3O. The van der Waals surface area contributed by atoms with Crippen LogP contribution in [0.1, 0.15) is 19.4 Å². The van der Waals surface area contributed by atoms with Gasteiger partial charge < -0.3 is 10.1 Å². The average Bonchev–Trinajstić information content (AvgIpc) is 2.44. The van der Waals surface area contributed by atoms with E-state index < -0.39 is 0 Å². The molecule has 0 fully saturated rings. The Hall–Kier alpha value is -2.36. The van der Waals surface area contributed by atoms with E-state index in [4.69, 9.17) is 4.74 Å². The SMILES string of the molecule is C=C(C)CNc1cnc2cccc(C(=C)OCC)c2n1. The molecule has 0 atom stereocenters. The Balaban J connectivity index is 2.40. The van der Waals surface area contributed by atoms with Crippen molar-refractivity contribution >= 4 is 22.6 Å². The molecule has 4 nitrogen and oxygen atoms in total. The zero-order valence-electron chi connectivity index (χ0n) is 11.9. The van der Waals surface area contributed by atoms with Crippen LogP contribution in [-0.2, 0) is 4.74 Å². The Morgan fingerprint density at radius 1 is 1.35 bits per heavy atom. The van der Waals surface area contributed by atoms with Crippen molar-refractivity contribution in [3.05, 3.63) is 48.7 Å². The van der Waals surface area contributed by atoms with E-state index in [9.17, 15) is 0 Å². The van der Waals surface area contributed by atoms with Crippen LogP contribution in [0.2, 0.25) is 0 Å². The monoisotopic (exact) mass is 269 g/mol. The standard InChI is InChI=1S/C16H19N3O/c1-5-20-12(4)13-7-6-8-14-16(13)19-15(10-17-14)18-9-11(2)3/h6-8,10H,2,4-5,9H2,1,3H3,(H,18,19). The molecule has 0 unspecified atom stereocenters. The second-order valence-electron chi connectivity index (χ2n) is 4.60. The molecule has 0 aliphatic carbocycles. The molecule has 4 heteroatoms. The zero-order chi connectivity index (χ0) is 14.5. The van der Waals surface area contributed by atoms with Crippen molar-refractivity contribution in [2.75, 3.05) is 18.5 Å². The van der Waals surface area contributed by atoms with E-state index in [-0.39, 0.29) is 0 Å². The number of anilines is 1. The van der Waals surface area contributed by atoms with Crippen molar-refractivity contribution in [3.63, 3.8) is 0 Å². The highest BCUT2D eigenvalue weighted by atomic mass is 16.5. The summed E-state index contributed by atoms with van der Waals surface area (Å²) in [6.07, 6.45) is 1.72. The third kappa shape index (κ3) is 3.15. The third-order valence-corrected chi connectivity index (χ3v) is 2.76. The van der Waals surface area contributed by atoms with Crippen LogP contribution in [-0.4, -0.2) is 23.1 Å². The van der Waals surface area contributed by atoms with Gasteiger partial charge in [0.25, 0.3) is 0 Å². The van der Waals surface area contributed by atoms with Gasteiger partial charge in [0.05, 0.1) is 18.3 Å². The largest absolute Gasteiger partial charge is 0.494 e. The van der Waals surface area contributed by atoms with Gasteiger partial charge in [-0.2, -0.15) is 0 Å².